The molecule has 0 aliphatic carbocycles. The van der Waals surface area contributed by atoms with E-state index in [-0.39, 0.29) is 11.3 Å². The third-order valence-electron chi connectivity index (χ3n) is 4.15. The molecule has 0 radical (unpaired) electrons. The molecule has 6 heteroatoms. The van der Waals surface area contributed by atoms with Gasteiger partial charge in [-0.3, -0.25) is 9.69 Å². The Hall–Kier alpha value is -2.73. The van der Waals surface area contributed by atoms with Crippen molar-refractivity contribution in [3.05, 3.63) is 59.8 Å². The van der Waals surface area contributed by atoms with Gasteiger partial charge in [-0.15, -0.1) is 0 Å². The second-order valence-electron chi connectivity index (χ2n) is 5.76. The topological polar surface area (TPSA) is 73.7 Å². The van der Waals surface area contributed by atoms with Crippen molar-refractivity contribution in [1.29, 1.82) is 0 Å². The van der Waals surface area contributed by atoms with E-state index in [0.29, 0.717) is 6.54 Å². The van der Waals surface area contributed by atoms with Gasteiger partial charge in [-0.05, 0) is 12.1 Å². The van der Waals surface area contributed by atoms with Crippen molar-refractivity contribution in [2.24, 2.45) is 0 Å². The molecule has 1 aliphatic heterocycles. The predicted molar refractivity (Wildman–Crippen MR) is 90.6 cm³/mol. The third kappa shape index (κ3) is 3.78. The molecule has 0 saturated carbocycles. The van der Waals surface area contributed by atoms with Crippen LogP contribution in [-0.4, -0.2) is 59.5 Å². The van der Waals surface area contributed by atoms with Crippen molar-refractivity contribution in [1.82, 2.24) is 9.88 Å². The molecule has 1 aromatic heterocycles. The summed E-state index contributed by atoms with van der Waals surface area (Å²) in [5, 5.41) is 8.91. The van der Waals surface area contributed by atoms with Crippen molar-refractivity contribution in [2.45, 2.75) is 0 Å². The van der Waals surface area contributed by atoms with Crippen LogP contribution >= 0.6 is 0 Å². The zero-order valence-corrected chi connectivity index (χ0v) is 13.3. The SMILES string of the molecule is O=C(O)c1ccc(N2CCN(CC(=O)c3ccccc3)CC2)nc1. The van der Waals surface area contributed by atoms with Crippen molar-refractivity contribution < 1.29 is 14.7 Å². The molecule has 2 aromatic rings. The van der Waals surface area contributed by atoms with Gasteiger partial charge in [-0.1, -0.05) is 30.3 Å². The number of ketones is 1. The van der Waals surface area contributed by atoms with E-state index in [0.717, 1.165) is 37.6 Å². The maximum absolute atomic E-state index is 12.2. The minimum atomic E-state index is -0.974. The lowest BCUT2D eigenvalue weighted by atomic mass is 10.1. The number of carboxylic acid groups (broad SMARTS) is 1. The Balaban J connectivity index is 1.54. The smallest absolute Gasteiger partial charge is 0.337 e. The van der Waals surface area contributed by atoms with Crippen molar-refractivity contribution in [3.8, 4) is 0 Å². The van der Waals surface area contributed by atoms with E-state index in [2.05, 4.69) is 14.8 Å². The van der Waals surface area contributed by atoms with E-state index in [1.165, 1.54) is 6.20 Å². The number of hydrogen-bond donors (Lipinski definition) is 1. The van der Waals surface area contributed by atoms with E-state index in [1.807, 2.05) is 30.3 Å². The van der Waals surface area contributed by atoms with Gasteiger partial charge >= 0.3 is 5.97 Å². The Morgan fingerprint density at radius 1 is 0.958 bits per heavy atom. The highest BCUT2D eigenvalue weighted by atomic mass is 16.4. The molecule has 2 heterocycles. The van der Waals surface area contributed by atoms with Gasteiger partial charge < -0.3 is 10.0 Å². The van der Waals surface area contributed by atoms with Crippen LogP contribution in [0.2, 0.25) is 0 Å². The minimum Gasteiger partial charge on any atom is -0.478 e. The Kier molecular flexibility index (Phi) is 4.86. The molecule has 0 spiro atoms. The average Bonchev–Trinajstić information content (AvgIpc) is 2.63. The van der Waals surface area contributed by atoms with Gasteiger partial charge in [0.25, 0.3) is 0 Å². The minimum absolute atomic E-state index is 0.132. The Bertz CT molecular complexity index is 708. The normalized spacial score (nSPS) is 15.2. The molecule has 0 amide bonds. The second kappa shape index (κ2) is 7.23. The van der Waals surface area contributed by atoms with Gasteiger partial charge in [-0.25, -0.2) is 9.78 Å². The molecule has 0 unspecified atom stereocenters. The van der Waals surface area contributed by atoms with Crippen LogP contribution < -0.4 is 4.90 Å². The van der Waals surface area contributed by atoms with Crippen molar-refractivity contribution in [3.63, 3.8) is 0 Å². The lowest BCUT2D eigenvalue weighted by molar-refractivity contribution is 0.0696. The van der Waals surface area contributed by atoms with Gasteiger partial charge in [0, 0.05) is 37.9 Å². The molecule has 124 valence electrons. The zero-order valence-electron chi connectivity index (χ0n) is 13.3. The molecule has 24 heavy (non-hydrogen) atoms. The van der Waals surface area contributed by atoms with E-state index in [4.69, 9.17) is 5.11 Å². The number of carbonyl (C=O) groups is 2. The van der Waals surface area contributed by atoms with E-state index < -0.39 is 5.97 Å². The van der Waals surface area contributed by atoms with E-state index >= 15 is 0 Å². The fraction of sp³-hybridized carbons (Fsp3) is 0.278. The molecule has 1 saturated heterocycles. The first-order chi connectivity index (χ1) is 11.6. The maximum Gasteiger partial charge on any atom is 0.337 e. The average molecular weight is 325 g/mol. The molecule has 1 N–H and O–H groups in total. The van der Waals surface area contributed by atoms with Gasteiger partial charge in [0.2, 0.25) is 0 Å². The maximum atomic E-state index is 12.2. The van der Waals surface area contributed by atoms with Crippen LogP contribution in [0, 0.1) is 0 Å². The predicted octanol–water partition coefficient (Wildman–Crippen LogP) is 1.78. The first-order valence-corrected chi connectivity index (χ1v) is 7.88. The van der Waals surface area contributed by atoms with Crippen LogP contribution in [0.4, 0.5) is 5.82 Å². The highest BCUT2D eigenvalue weighted by molar-refractivity contribution is 5.97. The molecule has 0 atom stereocenters. The summed E-state index contributed by atoms with van der Waals surface area (Å²) in [7, 11) is 0. The Labute approximate surface area is 140 Å². The lowest BCUT2D eigenvalue weighted by Crippen LogP contribution is -2.48. The molecule has 1 aromatic carbocycles. The largest absolute Gasteiger partial charge is 0.478 e. The summed E-state index contributed by atoms with van der Waals surface area (Å²) in [6.07, 6.45) is 1.38. The van der Waals surface area contributed by atoms with Gasteiger partial charge in [-0.2, -0.15) is 0 Å². The van der Waals surface area contributed by atoms with Gasteiger partial charge in [0.1, 0.15) is 5.82 Å². The number of Topliss-reactive ketones (excluding diaryl/α,β-unsaturated/α-hetero) is 1. The summed E-state index contributed by atoms with van der Waals surface area (Å²) in [4.78, 5) is 31.6. The summed E-state index contributed by atoms with van der Waals surface area (Å²) >= 11 is 0. The number of rotatable bonds is 5. The number of anilines is 1. The van der Waals surface area contributed by atoms with Crippen LogP contribution in [0.1, 0.15) is 20.7 Å². The number of nitrogens with zero attached hydrogens (tertiary/aromatic N) is 3. The summed E-state index contributed by atoms with van der Waals surface area (Å²) in [5.41, 5.74) is 0.927. The summed E-state index contributed by atoms with van der Waals surface area (Å²) in [5.74, 6) is -0.0692. The number of carboxylic acids is 1. The number of aromatic carboxylic acids is 1. The summed E-state index contributed by atoms with van der Waals surface area (Å²) in [6.45, 7) is 3.51. The van der Waals surface area contributed by atoms with Gasteiger partial charge in [0.05, 0.1) is 12.1 Å². The van der Waals surface area contributed by atoms with Crippen molar-refractivity contribution >= 4 is 17.6 Å². The standard InChI is InChI=1S/C18H19N3O3/c22-16(14-4-2-1-3-5-14)13-20-8-10-21(11-9-20)17-7-6-15(12-19-17)18(23)24/h1-7,12H,8-11,13H2,(H,23,24). The van der Waals surface area contributed by atoms with Crippen LogP contribution in [0.3, 0.4) is 0 Å². The highest BCUT2D eigenvalue weighted by Gasteiger charge is 2.20. The lowest BCUT2D eigenvalue weighted by Gasteiger charge is -2.35. The molecule has 3 rings (SSSR count). The molecule has 6 nitrogen and oxygen atoms in total. The molecule has 0 bridgehead atoms. The van der Waals surface area contributed by atoms with Gasteiger partial charge in [0.15, 0.2) is 5.78 Å². The third-order valence-corrected chi connectivity index (χ3v) is 4.15. The number of benzene rings is 1. The van der Waals surface area contributed by atoms with E-state index in [1.54, 1.807) is 12.1 Å². The first-order valence-electron chi connectivity index (χ1n) is 7.88. The van der Waals surface area contributed by atoms with Crippen molar-refractivity contribution in [2.75, 3.05) is 37.6 Å². The van der Waals surface area contributed by atoms with E-state index in [9.17, 15) is 9.59 Å². The van der Waals surface area contributed by atoms with Crippen LogP contribution in [-0.2, 0) is 0 Å². The number of hydrogen-bond acceptors (Lipinski definition) is 5. The summed E-state index contributed by atoms with van der Waals surface area (Å²) in [6, 6.07) is 12.6. The molecular formula is C18H19N3O3. The Morgan fingerprint density at radius 2 is 1.67 bits per heavy atom. The number of pyridine rings is 1. The quantitative estimate of drug-likeness (QED) is 0.845. The zero-order chi connectivity index (χ0) is 16.9. The first kappa shape index (κ1) is 16.1. The van der Waals surface area contributed by atoms with Crippen LogP contribution in [0.15, 0.2) is 48.7 Å². The fourth-order valence-electron chi connectivity index (χ4n) is 2.75. The molecular weight excluding hydrogens is 306 g/mol. The summed E-state index contributed by atoms with van der Waals surface area (Å²) < 4.78 is 0. The number of piperazine rings is 1. The fourth-order valence-corrected chi connectivity index (χ4v) is 2.75. The second-order valence-corrected chi connectivity index (χ2v) is 5.76. The van der Waals surface area contributed by atoms with Crippen LogP contribution in [0.5, 0.6) is 0 Å². The molecule has 1 aliphatic rings. The number of carbonyl (C=O) groups excluding carboxylic acids is 1. The number of aromatic nitrogens is 1. The molecule has 1 fully saturated rings. The Morgan fingerprint density at radius 3 is 2.25 bits per heavy atom. The highest BCUT2D eigenvalue weighted by Crippen LogP contribution is 2.14. The van der Waals surface area contributed by atoms with Crippen LogP contribution in [0.25, 0.3) is 0 Å². The monoisotopic (exact) mass is 325 g/mol.